The first-order valence-corrected chi connectivity index (χ1v) is 16.2. The molecule has 210 valence electrons. The van der Waals surface area contributed by atoms with E-state index >= 15 is 0 Å². The van der Waals surface area contributed by atoms with Crippen LogP contribution in [0.3, 0.4) is 0 Å². The molecule has 0 saturated carbocycles. The second-order valence-corrected chi connectivity index (χ2v) is 11.7. The van der Waals surface area contributed by atoms with Crippen molar-refractivity contribution in [1.29, 1.82) is 0 Å². The monoisotopic (exact) mass is 533 g/mol. The molecule has 0 amide bonds. The van der Waals surface area contributed by atoms with Gasteiger partial charge in [-0.1, -0.05) is 121 Å². The van der Waals surface area contributed by atoms with E-state index in [4.69, 9.17) is 4.74 Å². The number of nitrogens with one attached hydrogen (secondary N) is 1. The number of unbranched alkanes of at least 4 members (excludes halogenated alkanes) is 12. The third-order valence-electron chi connectivity index (χ3n) is 7.16. The average Bonchev–Trinajstić information content (AvgIpc) is 3.47. The topological polar surface area (TPSA) is 75.6 Å². The maximum Gasteiger partial charge on any atom is 0.295 e. The Kier molecular flexibility index (Phi) is 16.1. The molecule has 0 unspecified atom stereocenters. The molecule has 6 heteroatoms. The molecular formula is C31H51NO4S. The highest BCUT2D eigenvalue weighted by molar-refractivity contribution is 7.86. The fraction of sp³-hybridized carbons (Fsp3) is 0.677. The van der Waals surface area contributed by atoms with E-state index in [1.54, 1.807) is 0 Å². The predicted octanol–water partition coefficient (Wildman–Crippen LogP) is 8.24. The fourth-order valence-corrected chi connectivity index (χ4v) is 6.11. The molecule has 1 aliphatic rings. The maximum atomic E-state index is 12.5. The Labute approximate surface area is 226 Å². The van der Waals surface area contributed by atoms with Crippen LogP contribution in [0.15, 0.2) is 35.2 Å². The number of aryl methyl sites for hydroxylation is 1. The van der Waals surface area contributed by atoms with Crippen LogP contribution in [0, 0.1) is 0 Å². The van der Waals surface area contributed by atoms with Crippen LogP contribution >= 0.6 is 0 Å². The minimum absolute atomic E-state index is 0.152. The Hall–Kier alpha value is -1.47. The van der Waals surface area contributed by atoms with Crippen LogP contribution in [0.4, 0.5) is 0 Å². The second-order valence-electron chi connectivity index (χ2n) is 10.3. The summed E-state index contributed by atoms with van der Waals surface area (Å²) in [5, 5.41) is 4.55. The van der Waals surface area contributed by atoms with Gasteiger partial charge in [-0.15, -0.1) is 0 Å². The molecule has 0 aromatic heterocycles. The Morgan fingerprint density at radius 2 is 1.38 bits per heavy atom. The smallest absolute Gasteiger partial charge is 0.295 e. The first kappa shape index (κ1) is 31.7. The highest BCUT2D eigenvalue weighted by Crippen LogP contribution is 2.32. The van der Waals surface area contributed by atoms with Gasteiger partial charge in [0.15, 0.2) is 0 Å². The van der Waals surface area contributed by atoms with Gasteiger partial charge in [-0.25, -0.2) is 0 Å². The highest BCUT2D eigenvalue weighted by Gasteiger charge is 2.22. The van der Waals surface area contributed by atoms with Crippen LogP contribution in [-0.2, 0) is 27.7 Å². The summed E-state index contributed by atoms with van der Waals surface area (Å²) < 4.78 is 39.9. The number of ether oxygens (including phenoxy) is 1. The summed E-state index contributed by atoms with van der Waals surface area (Å²) >= 11 is 0. The Morgan fingerprint density at radius 1 is 0.811 bits per heavy atom. The van der Waals surface area contributed by atoms with E-state index in [1.807, 2.05) is 24.3 Å². The quantitative estimate of drug-likeness (QED) is 0.158. The lowest BCUT2D eigenvalue weighted by atomic mass is 9.93. The van der Waals surface area contributed by atoms with Crippen LogP contribution in [0.5, 0.6) is 0 Å². The van der Waals surface area contributed by atoms with Gasteiger partial charge in [-0.3, -0.25) is 9.87 Å². The summed E-state index contributed by atoms with van der Waals surface area (Å²) in [6.45, 7) is 7.13. The molecule has 1 heterocycles. The second kappa shape index (κ2) is 18.7. The average molecular weight is 534 g/mol. The van der Waals surface area contributed by atoms with Gasteiger partial charge in [0.25, 0.3) is 10.1 Å². The van der Waals surface area contributed by atoms with E-state index in [0.29, 0.717) is 5.39 Å². The third-order valence-corrected chi connectivity index (χ3v) is 8.14. The Bertz CT molecular complexity index is 979. The lowest BCUT2D eigenvalue weighted by Gasteiger charge is -2.17. The molecule has 0 spiro atoms. The summed E-state index contributed by atoms with van der Waals surface area (Å²) in [6.07, 6.45) is 18.6. The molecule has 0 radical (unpaired) electrons. The minimum Gasteiger partial charge on any atom is -0.365 e. The van der Waals surface area contributed by atoms with Gasteiger partial charge in [0.2, 0.25) is 0 Å². The maximum absolute atomic E-state index is 12.5. The zero-order valence-electron chi connectivity index (χ0n) is 23.4. The van der Waals surface area contributed by atoms with Gasteiger partial charge >= 0.3 is 0 Å². The summed E-state index contributed by atoms with van der Waals surface area (Å²) in [5.41, 5.74) is 1.96. The number of benzene rings is 2. The van der Waals surface area contributed by atoms with E-state index < -0.39 is 10.1 Å². The number of hydrogen-bond donors (Lipinski definition) is 2. The number of fused-ring (bicyclic) bond motifs is 1. The normalized spacial score (nSPS) is 13.6. The van der Waals surface area contributed by atoms with Crippen LogP contribution in [0.1, 0.15) is 115 Å². The van der Waals surface area contributed by atoms with E-state index in [9.17, 15) is 13.0 Å². The molecule has 1 saturated heterocycles. The van der Waals surface area contributed by atoms with Gasteiger partial charge in [-0.05, 0) is 42.2 Å². The predicted molar refractivity (Wildman–Crippen MR) is 156 cm³/mol. The van der Waals surface area contributed by atoms with Gasteiger partial charge in [0.1, 0.15) is 4.90 Å². The summed E-state index contributed by atoms with van der Waals surface area (Å²) in [6, 6.07) is 9.73. The Morgan fingerprint density at radius 3 is 1.89 bits per heavy atom. The van der Waals surface area contributed by atoms with Crippen molar-refractivity contribution in [2.45, 2.75) is 121 Å². The zero-order chi connectivity index (χ0) is 26.8. The number of hydrogen-bond acceptors (Lipinski definition) is 4. The van der Waals surface area contributed by atoms with Crippen molar-refractivity contribution in [2.75, 3.05) is 19.9 Å². The zero-order valence-corrected chi connectivity index (χ0v) is 24.2. The van der Waals surface area contributed by atoms with Crippen molar-refractivity contribution in [1.82, 2.24) is 5.32 Å². The lowest BCUT2D eigenvalue weighted by molar-refractivity contribution is 0.194. The SMILES string of the molecule is C1COCN1.CCCCCCCCCc1cc2ccccc2c(S(=O)(=O)O)c1CCCCCCCCC. The first-order valence-electron chi connectivity index (χ1n) is 14.8. The van der Waals surface area contributed by atoms with Gasteiger partial charge < -0.3 is 4.74 Å². The van der Waals surface area contributed by atoms with Crippen molar-refractivity contribution >= 4 is 20.9 Å². The van der Waals surface area contributed by atoms with E-state index in [2.05, 4.69) is 25.2 Å². The molecule has 2 aromatic rings. The van der Waals surface area contributed by atoms with Crippen LogP contribution in [-0.4, -0.2) is 32.9 Å². The standard InChI is InChI=1S/C28H44O3S.C3H7NO/c1-3-5-7-9-11-13-15-19-24-23-25-20-17-18-22-27(25)28(32(29,30)31)26(24)21-16-14-12-10-8-6-4-2;1-2-5-3-4-1/h17-18,20,22-23H,3-16,19,21H2,1-2H3,(H,29,30,31);4H,1-3H2. The molecule has 0 aliphatic carbocycles. The molecule has 2 aromatic carbocycles. The molecular weight excluding hydrogens is 482 g/mol. The van der Waals surface area contributed by atoms with Gasteiger partial charge in [0, 0.05) is 11.9 Å². The van der Waals surface area contributed by atoms with Crippen LogP contribution < -0.4 is 5.32 Å². The third kappa shape index (κ3) is 12.3. The first-order chi connectivity index (χ1) is 18.0. The van der Waals surface area contributed by atoms with Crippen molar-refractivity contribution < 1.29 is 17.7 Å². The molecule has 5 nitrogen and oxygen atoms in total. The lowest BCUT2D eigenvalue weighted by Crippen LogP contribution is -2.08. The van der Waals surface area contributed by atoms with Crippen molar-refractivity contribution in [3.63, 3.8) is 0 Å². The van der Waals surface area contributed by atoms with Gasteiger partial charge in [0.05, 0.1) is 13.3 Å². The largest absolute Gasteiger partial charge is 0.365 e. The van der Waals surface area contributed by atoms with E-state index in [1.165, 1.54) is 70.6 Å². The molecule has 0 atom stereocenters. The fourth-order valence-electron chi connectivity index (χ4n) is 5.10. The molecule has 2 N–H and O–H groups in total. The molecule has 0 bridgehead atoms. The molecule has 37 heavy (non-hydrogen) atoms. The van der Waals surface area contributed by atoms with E-state index in [-0.39, 0.29) is 4.90 Å². The van der Waals surface area contributed by atoms with E-state index in [0.717, 1.165) is 68.5 Å². The molecule has 1 fully saturated rings. The van der Waals surface area contributed by atoms with Gasteiger partial charge in [-0.2, -0.15) is 8.42 Å². The van der Waals surface area contributed by atoms with Crippen LogP contribution in [0.2, 0.25) is 0 Å². The summed E-state index contributed by atoms with van der Waals surface area (Å²) in [5.74, 6) is 0. The molecule has 1 aliphatic heterocycles. The summed E-state index contributed by atoms with van der Waals surface area (Å²) in [7, 11) is -4.28. The molecule has 3 rings (SSSR count). The Balaban J connectivity index is 0.000000856. The number of rotatable bonds is 17. The van der Waals surface area contributed by atoms with Crippen molar-refractivity contribution in [3.8, 4) is 0 Å². The van der Waals surface area contributed by atoms with Crippen molar-refractivity contribution in [2.24, 2.45) is 0 Å². The highest BCUT2D eigenvalue weighted by atomic mass is 32.2. The van der Waals surface area contributed by atoms with Crippen LogP contribution in [0.25, 0.3) is 10.8 Å². The minimum atomic E-state index is -4.28. The summed E-state index contributed by atoms with van der Waals surface area (Å²) in [4.78, 5) is 0.152. The van der Waals surface area contributed by atoms with Crippen molar-refractivity contribution in [3.05, 3.63) is 41.5 Å².